The average molecular weight is 558 g/mol. The largest absolute Gasteiger partial charge is 0.505 e. The van der Waals surface area contributed by atoms with Gasteiger partial charge in [0.15, 0.2) is 0 Å². The maximum absolute atomic E-state index is 11.2. The van der Waals surface area contributed by atoms with E-state index in [1.54, 1.807) is 16.6 Å². The molecule has 0 saturated carbocycles. The molecule has 0 fully saturated rings. The second kappa shape index (κ2) is 8.37. The highest BCUT2D eigenvalue weighted by atomic mass is 127. The van der Waals surface area contributed by atoms with Gasteiger partial charge in [-0.25, -0.2) is 0 Å². The predicted octanol–water partition coefficient (Wildman–Crippen LogP) is 7.48. The molecule has 4 aromatic rings. The number of aromatic hydroxyl groups is 1. The van der Waals surface area contributed by atoms with E-state index in [1.807, 2.05) is 12.1 Å². The number of phenols is 1. The van der Waals surface area contributed by atoms with Gasteiger partial charge in [0.25, 0.3) is 0 Å². The number of hydrogen-bond donors (Lipinski definition) is 1. The quantitative estimate of drug-likeness (QED) is 0.266. The first-order valence-electron chi connectivity index (χ1n) is 10.6. The Morgan fingerprint density at radius 1 is 0.781 bits per heavy atom. The van der Waals surface area contributed by atoms with Crippen molar-refractivity contribution in [2.45, 2.75) is 62.2 Å². The van der Waals surface area contributed by atoms with Crippen LogP contribution >= 0.6 is 34.4 Å². The lowest BCUT2D eigenvalue weighted by Crippen LogP contribution is -2.18. The minimum atomic E-state index is -0.204. The van der Waals surface area contributed by atoms with Gasteiger partial charge in [0.2, 0.25) is 0 Å². The molecule has 32 heavy (non-hydrogen) atoms. The van der Waals surface area contributed by atoms with Gasteiger partial charge >= 0.3 is 0 Å². The summed E-state index contributed by atoms with van der Waals surface area (Å²) < 4.78 is 1.22. The van der Waals surface area contributed by atoms with E-state index < -0.39 is 0 Å². The zero-order valence-corrected chi connectivity index (χ0v) is 22.2. The molecule has 0 atom stereocenters. The van der Waals surface area contributed by atoms with Gasteiger partial charge in [-0.05, 0) is 87.5 Å². The molecule has 0 bridgehead atoms. The summed E-state index contributed by atoms with van der Waals surface area (Å²) in [5, 5.41) is 20.6. The van der Waals surface area contributed by atoms with Gasteiger partial charge in [0, 0.05) is 18.9 Å². The first-order valence-corrected chi connectivity index (χ1v) is 12.5. The molecule has 4 nitrogen and oxygen atoms in total. The molecule has 6 heteroatoms. The Labute approximate surface area is 207 Å². The molecule has 0 saturated heterocycles. The Hall–Kier alpha value is -2.06. The first-order chi connectivity index (χ1) is 14.9. The summed E-state index contributed by atoms with van der Waals surface area (Å²) in [6, 6.07) is 18.7. The molecule has 166 valence electrons. The molecule has 1 aromatic heterocycles. The number of hydrogen-bond acceptors (Lipinski definition) is 4. The Bertz CT molecular complexity index is 1280. The second-order valence-corrected chi connectivity index (χ2v) is 12.5. The highest BCUT2D eigenvalue weighted by molar-refractivity contribution is 14.1. The van der Waals surface area contributed by atoms with Gasteiger partial charge in [0.05, 0.1) is 0 Å². The number of aromatic nitrogens is 3. The summed E-state index contributed by atoms with van der Waals surface area (Å²) in [6.45, 7) is 12.9. The fourth-order valence-electron chi connectivity index (χ4n) is 3.48. The molecule has 0 aliphatic rings. The third kappa shape index (κ3) is 4.81. The van der Waals surface area contributed by atoms with Crippen LogP contribution in [0.2, 0.25) is 0 Å². The smallest absolute Gasteiger partial charge is 0.146 e. The second-order valence-electron chi connectivity index (χ2n) is 10.1. The van der Waals surface area contributed by atoms with Crippen molar-refractivity contribution in [1.29, 1.82) is 0 Å². The molecule has 0 unspecified atom stereocenters. The third-order valence-corrected chi connectivity index (χ3v) is 7.10. The average Bonchev–Trinajstić information content (AvgIpc) is 3.11. The van der Waals surface area contributed by atoms with Crippen LogP contribution in [0.5, 0.6) is 5.75 Å². The highest BCUT2D eigenvalue weighted by Crippen LogP contribution is 2.39. The summed E-state index contributed by atoms with van der Waals surface area (Å²) in [6.07, 6.45) is 0. The van der Waals surface area contributed by atoms with Crippen LogP contribution in [-0.4, -0.2) is 20.1 Å². The van der Waals surface area contributed by atoms with E-state index in [9.17, 15) is 5.11 Å². The van der Waals surface area contributed by atoms with Gasteiger partial charge in [-0.15, -0.1) is 15.0 Å². The van der Waals surface area contributed by atoms with Crippen molar-refractivity contribution < 1.29 is 5.11 Å². The van der Waals surface area contributed by atoms with Crippen LogP contribution in [-0.2, 0) is 10.8 Å². The first kappa shape index (κ1) is 23.1. The van der Waals surface area contributed by atoms with Crippen molar-refractivity contribution in [2.24, 2.45) is 0 Å². The molecule has 0 radical (unpaired) electrons. The minimum absolute atomic E-state index is 0.0632. The summed E-state index contributed by atoms with van der Waals surface area (Å²) in [5.41, 5.74) is 4.00. The lowest BCUT2D eigenvalue weighted by molar-refractivity contribution is 0.438. The van der Waals surface area contributed by atoms with Crippen LogP contribution in [0.25, 0.3) is 16.7 Å². The normalized spacial score (nSPS) is 12.5. The summed E-state index contributed by atoms with van der Waals surface area (Å²) in [4.78, 5) is 3.86. The summed E-state index contributed by atoms with van der Waals surface area (Å²) in [7, 11) is 0. The van der Waals surface area contributed by atoms with E-state index in [1.165, 1.54) is 8.47 Å². The van der Waals surface area contributed by atoms with Crippen LogP contribution in [0, 0.1) is 3.57 Å². The maximum Gasteiger partial charge on any atom is 0.146 e. The van der Waals surface area contributed by atoms with Gasteiger partial charge in [-0.1, -0.05) is 59.4 Å². The number of halogens is 1. The van der Waals surface area contributed by atoms with Crippen molar-refractivity contribution in [1.82, 2.24) is 15.0 Å². The number of fused-ring (bicyclic) bond motifs is 1. The number of benzene rings is 3. The van der Waals surface area contributed by atoms with Crippen molar-refractivity contribution in [2.75, 3.05) is 0 Å². The molecule has 3 aromatic carbocycles. The Kier molecular flexibility index (Phi) is 6.05. The Morgan fingerprint density at radius 3 is 2.03 bits per heavy atom. The molecule has 0 aliphatic heterocycles. The molecule has 0 spiro atoms. The van der Waals surface area contributed by atoms with Crippen LogP contribution in [0.1, 0.15) is 52.7 Å². The van der Waals surface area contributed by atoms with E-state index >= 15 is 0 Å². The number of rotatable bonds is 3. The molecular formula is C26H28IN3OS. The minimum Gasteiger partial charge on any atom is -0.505 e. The molecule has 4 rings (SSSR count). The zero-order valence-electron chi connectivity index (χ0n) is 19.3. The van der Waals surface area contributed by atoms with Gasteiger partial charge < -0.3 is 5.11 Å². The van der Waals surface area contributed by atoms with Crippen molar-refractivity contribution in [3.8, 4) is 11.4 Å². The highest BCUT2D eigenvalue weighted by Gasteiger charge is 2.26. The zero-order chi connectivity index (χ0) is 23.3. The van der Waals surface area contributed by atoms with E-state index in [-0.39, 0.29) is 16.6 Å². The lowest BCUT2D eigenvalue weighted by Gasteiger charge is -2.27. The topological polar surface area (TPSA) is 50.9 Å². The van der Waals surface area contributed by atoms with Crippen LogP contribution < -0.4 is 0 Å². The van der Waals surface area contributed by atoms with Crippen molar-refractivity contribution >= 4 is 45.4 Å². The van der Waals surface area contributed by atoms with Crippen LogP contribution in [0.15, 0.2) is 64.4 Å². The Balaban J connectivity index is 1.78. The van der Waals surface area contributed by atoms with Crippen molar-refractivity contribution in [3.05, 3.63) is 69.3 Å². The van der Waals surface area contributed by atoms with Gasteiger partial charge in [-0.2, -0.15) is 0 Å². The van der Waals surface area contributed by atoms with E-state index in [2.05, 4.69) is 112 Å². The Morgan fingerprint density at radius 2 is 1.41 bits per heavy atom. The van der Waals surface area contributed by atoms with E-state index in [0.29, 0.717) is 5.69 Å². The summed E-state index contributed by atoms with van der Waals surface area (Å²) in [5.74, 6) is 0.235. The van der Waals surface area contributed by atoms with Crippen molar-refractivity contribution in [3.63, 3.8) is 0 Å². The molecule has 0 aliphatic carbocycles. The molecule has 1 heterocycles. The molecule has 0 amide bonds. The van der Waals surface area contributed by atoms with Crippen LogP contribution in [0.3, 0.4) is 0 Å². The SMILES string of the molecule is CC(C)(C)c1cc(-n2nc3ccc(Sc4ccc(I)cc4)cc3n2)c(O)c(C(C)(C)C)c1. The van der Waals surface area contributed by atoms with Gasteiger partial charge in [-0.3, -0.25) is 0 Å². The molecular weight excluding hydrogens is 529 g/mol. The summed E-state index contributed by atoms with van der Waals surface area (Å²) >= 11 is 4.01. The number of nitrogens with zero attached hydrogens (tertiary/aromatic N) is 3. The maximum atomic E-state index is 11.2. The van der Waals surface area contributed by atoms with E-state index in [0.717, 1.165) is 27.1 Å². The molecule has 1 N–H and O–H groups in total. The van der Waals surface area contributed by atoms with Crippen LogP contribution in [0.4, 0.5) is 0 Å². The monoisotopic (exact) mass is 557 g/mol. The van der Waals surface area contributed by atoms with E-state index in [4.69, 9.17) is 5.10 Å². The standard InChI is InChI=1S/C26H28IN3OS/c1-25(2,3)16-13-20(26(4,5)6)24(31)23(14-16)30-28-21-12-11-19(15-22(21)29-30)32-18-9-7-17(27)8-10-18/h7-15,31H,1-6H3. The van der Waals surface area contributed by atoms with Gasteiger partial charge in [0.1, 0.15) is 22.5 Å². The lowest BCUT2D eigenvalue weighted by atomic mass is 9.80. The fourth-order valence-corrected chi connectivity index (χ4v) is 4.69. The third-order valence-electron chi connectivity index (χ3n) is 5.38. The predicted molar refractivity (Wildman–Crippen MR) is 141 cm³/mol. The fraction of sp³-hybridized carbons (Fsp3) is 0.308. The number of phenolic OH excluding ortho intramolecular Hbond substituents is 1.